The number of pyridine rings is 1. The molecule has 6 nitrogen and oxygen atoms in total. The highest BCUT2D eigenvalue weighted by Gasteiger charge is 2.14. The third-order valence-corrected chi connectivity index (χ3v) is 5.79. The van der Waals surface area contributed by atoms with Crippen LogP contribution in [0.25, 0.3) is 33.3 Å². The maximum atomic E-state index is 11.7. The fraction of sp³-hybridized carbons (Fsp3) is 0.0455. The van der Waals surface area contributed by atoms with E-state index in [2.05, 4.69) is 4.98 Å². The van der Waals surface area contributed by atoms with Crippen molar-refractivity contribution in [3.63, 3.8) is 0 Å². The van der Waals surface area contributed by atoms with Crippen LogP contribution in [0.3, 0.4) is 0 Å². The minimum atomic E-state index is -3.28. The van der Waals surface area contributed by atoms with Crippen LogP contribution in [0.2, 0.25) is 0 Å². The third kappa shape index (κ3) is 4.17. The number of hydrogen-bond donors (Lipinski definition) is 0. The predicted octanol–water partition coefficient (Wildman–Crippen LogP) is 1.88. The summed E-state index contributed by atoms with van der Waals surface area (Å²) in [5, 5.41) is 11.9. The van der Waals surface area contributed by atoms with Crippen LogP contribution in [-0.2, 0) is 9.84 Å². The van der Waals surface area contributed by atoms with E-state index in [1.165, 1.54) is 12.1 Å². The standard InChI is InChI=1S/C22H16N2O4S.ClH/c1-29(27,28)18-10-7-16(8-11-18)22-14-19(15-5-3-2-4-6-15)20-13-17(24(25)26)9-12-21(20)23-22;/h2-14H,1H3;1H/p-1. The Morgan fingerprint density at radius 2 is 1.53 bits per heavy atom. The Hall–Kier alpha value is -3.29. The Labute approximate surface area is 179 Å². The summed E-state index contributed by atoms with van der Waals surface area (Å²) in [4.78, 5) is 15.7. The van der Waals surface area contributed by atoms with Crippen LogP contribution in [-0.4, -0.2) is 24.6 Å². The number of sulfone groups is 1. The number of rotatable bonds is 4. The first-order valence-corrected chi connectivity index (χ1v) is 10.7. The molecule has 152 valence electrons. The largest absolute Gasteiger partial charge is 1.00 e. The lowest BCUT2D eigenvalue weighted by molar-refractivity contribution is -0.384. The summed E-state index contributed by atoms with van der Waals surface area (Å²) in [6, 6.07) is 22.6. The van der Waals surface area contributed by atoms with E-state index >= 15 is 0 Å². The molecule has 4 rings (SSSR count). The monoisotopic (exact) mass is 439 g/mol. The lowest BCUT2D eigenvalue weighted by Crippen LogP contribution is -3.00. The van der Waals surface area contributed by atoms with Crippen molar-refractivity contribution in [2.45, 2.75) is 4.90 Å². The minimum Gasteiger partial charge on any atom is -1.00 e. The molecule has 0 aliphatic heterocycles. The van der Waals surface area contributed by atoms with Gasteiger partial charge in [0.2, 0.25) is 0 Å². The van der Waals surface area contributed by atoms with Crippen molar-refractivity contribution >= 4 is 26.4 Å². The maximum absolute atomic E-state index is 11.7. The fourth-order valence-electron chi connectivity index (χ4n) is 3.20. The molecule has 0 bridgehead atoms. The van der Waals surface area contributed by atoms with Crippen LogP contribution in [0.1, 0.15) is 0 Å². The zero-order chi connectivity index (χ0) is 20.6. The molecule has 30 heavy (non-hydrogen) atoms. The zero-order valence-corrected chi connectivity index (χ0v) is 17.4. The van der Waals surface area contributed by atoms with Crippen molar-refractivity contribution in [3.8, 4) is 22.4 Å². The van der Waals surface area contributed by atoms with Crippen molar-refractivity contribution in [1.82, 2.24) is 4.98 Å². The van der Waals surface area contributed by atoms with Gasteiger partial charge in [-0.25, -0.2) is 13.4 Å². The van der Waals surface area contributed by atoms with Crippen molar-refractivity contribution in [3.05, 3.63) is 89.0 Å². The van der Waals surface area contributed by atoms with E-state index in [4.69, 9.17) is 0 Å². The van der Waals surface area contributed by atoms with Crippen molar-refractivity contribution in [2.24, 2.45) is 0 Å². The average Bonchev–Trinajstić information content (AvgIpc) is 2.72. The number of nitrogens with zero attached hydrogens (tertiary/aromatic N) is 2. The van der Waals surface area contributed by atoms with Crippen molar-refractivity contribution in [1.29, 1.82) is 0 Å². The summed E-state index contributed by atoms with van der Waals surface area (Å²) >= 11 is 0. The molecule has 0 fully saturated rings. The number of hydrogen-bond acceptors (Lipinski definition) is 5. The number of non-ortho nitro benzene ring substituents is 1. The molecule has 0 aliphatic rings. The molecule has 1 heterocycles. The van der Waals surface area contributed by atoms with Crippen LogP contribution in [0.15, 0.2) is 83.8 Å². The van der Waals surface area contributed by atoms with Crippen LogP contribution in [0, 0.1) is 10.1 Å². The number of nitro groups is 1. The van der Waals surface area contributed by atoms with Gasteiger partial charge in [0.15, 0.2) is 9.84 Å². The second kappa shape index (κ2) is 8.22. The average molecular weight is 440 g/mol. The topological polar surface area (TPSA) is 90.2 Å². The Morgan fingerprint density at radius 1 is 0.867 bits per heavy atom. The molecule has 4 aromatic rings. The van der Waals surface area contributed by atoms with E-state index < -0.39 is 14.8 Å². The molecule has 0 amide bonds. The van der Waals surface area contributed by atoms with Gasteiger partial charge in [-0.05, 0) is 35.4 Å². The van der Waals surface area contributed by atoms with Gasteiger partial charge in [-0.1, -0.05) is 42.5 Å². The van der Waals surface area contributed by atoms with Gasteiger partial charge in [0.25, 0.3) is 5.69 Å². The highest BCUT2D eigenvalue weighted by atomic mass is 35.5. The fourth-order valence-corrected chi connectivity index (χ4v) is 3.84. The van der Waals surface area contributed by atoms with E-state index in [0.717, 1.165) is 22.9 Å². The highest BCUT2D eigenvalue weighted by Crippen LogP contribution is 2.34. The highest BCUT2D eigenvalue weighted by molar-refractivity contribution is 7.90. The molecular formula is C22H16ClN2O4S-. The molecule has 3 aromatic carbocycles. The van der Waals surface area contributed by atoms with Gasteiger partial charge in [0.1, 0.15) is 0 Å². The molecule has 0 atom stereocenters. The molecule has 0 N–H and O–H groups in total. The van der Waals surface area contributed by atoms with Crippen molar-refractivity contribution in [2.75, 3.05) is 6.26 Å². The summed E-state index contributed by atoms with van der Waals surface area (Å²) in [5.74, 6) is 0. The van der Waals surface area contributed by atoms with Gasteiger partial charge in [-0.2, -0.15) is 0 Å². The predicted molar refractivity (Wildman–Crippen MR) is 112 cm³/mol. The van der Waals surface area contributed by atoms with Crippen molar-refractivity contribution < 1.29 is 25.7 Å². The minimum absolute atomic E-state index is 0. The van der Waals surface area contributed by atoms with Gasteiger partial charge in [0.05, 0.1) is 21.0 Å². The first-order valence-electron chi connectivity index (χ1n) is 8.78. The Bertz CT molecular complexity index is 1340. The number of aromatic nitrogens is 1. The van der Waals surface area contributed by atoms with Gasteiger partial charge in [-0.15, -0.1) is 0 Å². The quantitative estimate of drug-likeness (QED) is 0.358. The third-order valence-electron chi connectivity index (χ3n) is 4.67. The van der Waals surface area contributed by atoms with E-state index in [1.54, 1.807) is 30.3 Å². The summed E-state index contributed by atoms with van der Waals surface area (Å²) in [6.45, 7) is 0. The molecular weight excluding hydrogens is 424 g/mol. The molecule has 0 radical (unpaired) electrons. The van der Waals surface area contributed by atoms with Gasteiger partial charge in [-0.3, -0.25) is 10.1 Å². The first-order chi connectivity index (χ1) is 13.8. The summed E-state index contributed by atoms with van der Waals surface area (Å²) in [5.41, 5.74) is 3.77. The summed E-state index contributed by atoms with van der Waals surface area (Å²) in [7, 11) is -3.28. The lowest BCUT2D eigenvalue weighted by atomic mass is 9.98. The summed E-state index contributed by atoms with van der Waals surface area (Å²) < 4.78 is 23.4. The lowest BCUT2D eigenvalue weighted by Gasteiger charge is -2.11. The number of halogens is 1. The van der Waals surface area contributed by atoms with Crippen LogP contribution in [0.4, 0.5) is 5.69 Å². The molecule has 0 spiro atoms. The molecule has 0 unspecified atom stereocenters. The van der Waals surface area contributed by atoms with Gasteiger partial charge in [0, 0.05) is 29.3 Å². The second-order valence-corrected chi connectivity index (χ2v) is 8.69. The zero-order valence-electron chi connectivity index (χ0n) is 15.8. The van der Waals surface area contributed by atoms with E-state index in [9.17, 15) is 18.5 Å². The molecule has 0 saturated carbocycles. The van der Waals surface area contributed by atoms with E-state index in [0.29, 0.717) is 16.6 Å². The second-order valence-electron chi connectivity index (χ2n) is 6.68. The Balaban J connectivity index is 0.00000256. The molecule has 1 aromatic heterocycles. The van der Waals surface area contributed by atoms with Crippen LogP contribution >= 0.6 is 0 Å². The number of fused-ring (bicyclic) bond motifs is 1. The van der Waals surface area contributed by atoms with Gasteiger partial charge >= 0.3 is 0 Å². The van der Waals surface area contributed by atoms with Crippen LogP contribution < -0.4 is 12.4 Å². The SMILES string of the molecule is CS(=O)(=O)c1ccc(-c2cc(-c3ccccc3)c3cc([N+](=O)[O-])ccc3n2)cc1.[Cl-]. The molecule has 8 heteroatoms. The van der Waals surface area contributed by atoms with Gasteiger partial charge < -0.3 is 12.4 Å². The normalized spacial score (nSPS) is 11.1. The Kier molecular flexibility index (Phi) is 5.87. The summed E-state index contributed by atoms with van der Waals surface area (Å²) in [6.07, 6.45) is 1.16. The van der Waals surface area contributed by atoms with E-state index in [-0.39, 0.29) is 23.0 Å². The molecule has 0 aliphatic carbocycles. The van der Waals surface area contributed by atoms with E-state index in [1.807, 2.05) is 36.4 Å². The number of benzene rings is 3. The first kappa shape index (κ1) is 21.4. The molecule has 0 saturated heterocycles. The van der Waals surface area contributed by atoms with Crippen LogP contribution in [0.5, 0.6) is 0 Å². The number of nitro benzene ring substituents is 1. The smallest absolute Gasteiger partial charge is 0.270 e. The Morgan fingerprint density at radius 3 is 2.13 bits per heavy atom. The maximum Gasteiger partial charge on any atom is 0.270 e.